The number of halogens is 1. The molecule has 0 aliphatic rings. The van der Waals surface area contributed by atoms with Crippen molar-refractivity contribution >= 4 is 22.5 Å². The minimum absolute atomic E-state index is 0.0219. The van der Waals surface area contributed by atoms with E-state index in [1.807, 2.05) is 48.7 Å². The van der Waals surface area contributed by atoms with Crippen molar-refractivity contribution in [1.82, 2.24) is 4.57 Å². The molecule has 0 unspecified atom stereocenters. The molecule has 0 aliphatic carbocycles. The first kappa shape index (κ1) is 14.0. The highest BCUT2D eigenvalue weighted by atomic mass is 35.5. The summed E-state index contributed by atoms with van der Waals surface area (Å²) in [5.74, 6) is 0.808. The van der Waals surface area contributed by atoms with E-state index in [4.69, 9.17) is 16.3 Å². The first-order valence-electron chi connectivity index (χ1n) is 6.73. The fourth-order valence-electron chi connectivity index (χ4n) is 2.65. The van der Waals surface area contributed by atoms with Gasteiger partial charge in [-0.2, -0.15) is 0 Å². The highest BCUT2D eigenvalue weighted by molar-refractivity contribution is 6.30. The van der Waals surface area contributed by atoms with Crippen LogP contribution >= 0.6 is 11.6 Å². The van der Waals surface area contributed by atoms with E-state index < -0.39 is 0 Å². The van der Waals surface area contributed by atoms with E-state index in [1.54, 1.807) is 7.11 Å². The number of benzene rings is 2. The van der Waals surface area contributed by atoms with E-state index in [0.717, 1.165) is 27.8 Å². The number of fused-ring (bicyclic) bond motifs is 1. The average molecular weight is 302 g/mol. The van der Waals surface area contributed by atoms with Gasteiger partial charge >= 0.3 is 0 Å². The number of nitrogens with zero attached hydrogens (tertiary/aromatic N) is 1. The molecule has 21 heavy (non-hydrogen) atoms. The van der Waals surface area contributed by atoms with Crippen LogP contribution in [0.1, 0.15) is 11.1 Å². The van der Waals surface area contributed by atoms with Crippen LogP contribution in [0.15, 0.2) is 48.7 Å². The van der Waals surface area contributed by atoms with Crippen LogP contribution in [0.3, 0.4) is 0 Å². The van der Waals surface area contributed by atoms with Gasteiger partial charge in [0.25, 0.3) is 0 Å². The number of aliphatic hydroxyl groups excluding tert-OH is 1. The molecule has 1 N–H and O–H groups in total. The summed E-state index contributed by atoms with van der Waals surface area (Å²) in [5.41, 5.74) is 2.97. The molecule has 0 bridgehead atoms. The molecule has 0 atom stereocenters. The Morgan fingerprint density at radius 3 is 2.76 bits per heavy atom. The minimum Gasteiger partial charge on any atom is -0.496 e. The molecule has 3 rings (SSSR count). The quantitative estimate of drug-likeness (QED) is 0.794. The van der Waals surface area contributed by atoms with Crippen molar-refractivity contribution in [3.8, 4) is 5.75 Å². The standard InChI is InChI=1S/C17H16ClNO2/c1-21-16-6-5-15(18)9-14(16)10-19-8-7-12-3-2-4-13(11-20)17(12)19/h2-9,20H,10-11H2,1H3. The molecule has 2 aromatic carbocycles. The molecule has 0 amide bonds. The van der Waals surface area contributed by atoms with Gasteiger partial charge in [-0.25, -0.2) is 0 Å². The van der Waals surface area contributed by atoms with Gasteiger partial charge in [-0.05, 0) is 29.7 Å². The van der Waals surface area contributed by atoms with Gasteiger partial charge in [-0.1, -0.05) is 29.8 Å². The highest BCUT2D eigenvalue weighted by Gasteiger charge is 2.09. The van der Waals surface area contributed by atoms with Gasteiger partial charge in [0.15, 0.2) is 0 Å². The number of hydrogen-bond donors (Lipinski definition) is 1. The molecule has 0 saturated heterocycles. The number of ether oxygens (including phenoxy) is 1. The van der Waals surface area contributed by atoms with Gasteiger partial charge < -0.3 is 14.4 Å². The van der Waals surface area contributed by atoms with Crippen LogP contribution in [-0.2, 0) is 13.2 Å². The summed E-state index contributed by atoms with van der Waals surface area (Å²) in [6.45, 7) is 0.665. The lowest BCUT2D eigenvalue weighted by atomic mass is 10.1. The number of aliphatic hydroxyl groups is 1. The monoisotopic (exact) mass is 301 g/mol. The van der Waals surface area contributed by atoms with Crippen LogP contribution in [-0.4, -0.2) is 16.8 Å². The van der Waals surface area contributed by atoms with E-state index in [0.29, 0.717) is 11.6 Å². The molecule has 3 nitrogen and oxygen atoms in total. The molecule has 0 fully saturated rings. The second kappa shape index (κ2) is 5.80. The van der Waals surface area contributed by atoms with E-state index in [9.17, 15) is 5.11 Å². The number of methoxy groups -OCH3 is 1. The van der Waals surface area contributed by atoms with Gasteiger partial charge in [0, 0.05) is 22.3 Å². The topological polar surface area (TPSA) is 34.4 Å². The second-order valence-corrected chi connectivity index (χ2v) is 5.35. The summed E-state index contributed by atoms with van der Waals surface area (Å²) in [6.07, 6.45) is 2.02. The molecule has 0 radical (unpaired) electrons. The van der Waals surface area contributed by atoms with Gasteiger partial charge in [0.1, 0.15) is 5.75 Å². The van der Waals surface area contributed by atoms with Gasteiger partial charge in [0.05, 0.1) is 25.8 Å². The van der Waals surface area contributed by atoms with Crippen molar-refractivity contribution in [2.45, 2.75) is 13.2 Å². The molecule has 4 heteroatoms. The van der Waals surface area contributed by atoms with Crippen LogP contribution in [0.4, 0.5) is 0 Å². The summed E-state index contributed by atoms with van der Waals surface area (Å²) in [4.78, 5) is 0. The Morgan fingerprint density at radius 2 is 2.00 bits per heavy atom. The average Bonchev–Trinajstić information content (AvgIpc) is 2.91. The maximum absolute atomic E-state index is 9.53. The number of para-hydroxylation sites is 1. The maximum atomic E-state index is 9.53. The molecule has 0 aliphatic heterocycles. The second-order valence-electron chi connectivity index (χ2n) is 4.91. The molecule has 0 saturated carbocycles. The van der Waals surface area contributed by atoms with Crippen molar-refractivity contribution in [3.63, 3.8) is 0 Å². The van der Waals surface area contributed by atoms with Gasteiger partial charge in [-0.15, -0.1) is 0 Å². The van der Waals surface area contributed by atoms with Gasteiger partial charge in [0.2, 0.25) is 0 Å². The SMILES string of the molecule is COc1ccc(Cl)cc1Cn1ccc2cccc(CO)c21. The van der Waals surface area contributed by atoms with Crippen molar-refractivity contribution < 1.29 is 9.84 Å². The Bertz CT molecular complexity index is 780. The minimum atomic E-state index is 0.0219. The summed E-state index contributed by atoms with van der Waals surface area (Å²) < 4.78 is 7.50. The number of aromatic nitrogens is 1. The van der Waals surface area contributed by atoms with Crippen LogP contribution in [0.5, 0.6) is 5.75 Å². The van der Waals surface area contributed by atoms with Crippen LogP contribution in [0.25, 0.3) is 10.9 Å². The zero-order chi connectivity index (χ0) is 14.8. The third-order valence-corrected chi connectivity index (χ3v) is 3.86. The summed E-state index contributed by atoms with van der Waals surface area (Å²) >= 11 is 6.09. The fourth-order valence-corrected chi connectivity index (χ4v) is 2.85. The lowest BCUT2D eigenvalue weighted by Crippen LogP contribution is -2.02. The molecule has 3 aromatic rings. The van der Waals surface area contributed by atoms with Crippen LogP contribution < -0.4 is 4.74 Å². The number of hydrogen-bond acceptors (Lipinski definition) is 2. The molecule has 1 aromatic heterocycles. The van der Waals surface area contributed by atoms with Gasteiger partial charge in [-0.3, -0.25) is 0 Å². The first-order chi connectivity index (χ1) is 10.2. The van der Waals surface area contributed by atoms with Crippen molar-refractivity contribution in [2.75, 3.05) is 7.11 Å². The molecule has 0 spiro atoms. The molecular weight excluding hydrogens is 286 g/mol. The lowest BCUT2D eigenvalue weighted by molar-refractivity contribution is 0.283. The summed E-state index contributed by atoms with van der Waals surface area (Å²) in [7, 11) is 1.65. The van der Waals surface area contributed by atoms with E-state index in [1.165, 1.54) is 0 Å². The largest absolute Gasteiger partial charge is 0.496 e. The van der Waals surface area contributed by atoms with Crippen LogP contribution in [0.2, 0.25) is 5.02 Å². The van der Waals surface area contributed by atoms with E-state index >= 15 is 0 Å². The highest BCUT2D eigenvalue weighted by Crippen LogP contribution is 2.26. The third-order valence-electron chi connectivity index (χ3n) is 3.63. The summed E-state index contributed by atoms with van der Waals surface area (Å²) in [5, 5.41) is 11.3. The van der Waals surface area contributed by atoms with Crippen LogP contribution in [0, 0.1) is 0 Å². The fraction of sp³-hybridized carbons (Fsp3) is 0.176. The maximum Gasteiger partial charge on any atom is 0.123 e. The zero-order valence-corrected chi connectivity index (χ0v) is 12.5. The zero-order valence-electron chi connectivity index (χ0n) is 11.7. The summed E-state index contributed by atoms with van der Waals surface area (Å²) in [6, 6.07) is 13.6. The third kappa shape index (κ3) is 2.62. The smallest absolute Gasteiger partial charge is 0.123 e. The normalized spacial score (nSPS) is 11.0. The van der Waals surface area contributed by atoms with Crippen molar-refractivity contribution in [2.24, 2.45) is 0 Å². The van der Waals surface area contributed by atoms with Crippen molar-refractivity contribution in [3.05, 3.63) is 64.8 Å². The van der Waals surface area contributed by atoms with E-state index in [-0.39, 0.29) is 6.61 Å². The predicted molar refractivity (Wildman–Crippen MR) is 85.0 cm³/mol. The molecule has 1 heterocycles. The first-order valence-corrected chi connectivity index (χ1v) is 7.10. The van der Waals surface area contributed by atoms with E-state index in [2.05, 4.69) is 4.57 Å². The predicted octanol–water partition coefficient (Wildman–Crippen LogP) is 3.84. The Balaban J connectivity index is 2.08. The molecular formula is C17H16ClNO2. The lowest BCUT2D eigenvalue weighted by Gasteiger charge is -2.12. The molecule has 108 valence electrons. The Labute approximate surface area is 128 Å². The van der Waals surface area contributed by atoms with Crippen molar-refractivity contribution in [1.29, 1.82) is 0 Å². The Hall–Kier alpha value is -1.97. The Kier molecular flexibility index (Phi) is 3.86. The Morgan fingerprint density at radius 1 is 1.14 bits per heavy atom. The number of rotatable bonds is 4.